The second-order valence-corrected chi connectivity index (χ2v) is 8.61. The number of aromatic carboxylic acids is 1. The number of carboxylic acid groups (broad SMARTS) is 1. The molecule has 1 saturated carbocycles. The molecule has 0 bridgehead atoms. The topological polar surface area (TPSA) is 138 Å². The summed E-state index contributed by atoms with van der Waals surface area (Å²) < 4.78 is 1.44. The largest absolute Gasteiger partial charge is 0.478 e. The van der Waals surface area contributed by atoms with E-state index in [9.17, 15) is 19.5 Å². The highest BCUT2D eigenvalue weighted by Crippen LogP contribution is 2.20. The second kappa shape index (κ2) is 10.8. The van der Waals surface area contributed by atoms with Crippen LogP contribution in [-0.2, 0) is 11.2 Å². The van der Waals surface area contributed by atoms with Crippen molar-refractivity contribution < 1.29 is 19.5 Å². The number of nitrogens with one attached hydrogen (secondary N) is 3. The molecule has 1 fully saturated rings. The number of para-hydroxylation sites is 1. The van der Waals surface area contributed by atoms with Crippen LogP contribution in [0.25, 0.3) is 5.69 Å². The Labute approximate surface area is 202 Å². The Morgan fingerprint density at radius 1 is 1.11 bits per heavy atom. The molecule has 3 aromatic rings. The number of rotatable bonds is 10. The zero-order valence-electron chi connectivity index (χ0n) is 19.4. The van der Waals surface area contributed by atoms with E-state index in [1.165, 1.54) is 10.7 Å². The maximum atomic E-state index is 12.4. The summed E-state index contributed by atoms with van der Waals surface area (Å²) in [6.45, 7) is 1.91. The van der Waals surface area contributed by atoms with E-state index < -0.39 is 5.97 Å². The Kier molecular flexibility index (Phi) is 7.39. The van der Waals surface area contributed by atoms with Gasteiger partial charge in [0, 0.05) is 18.2 Å². The van der Waals surface area contributed by atoms with Gasteiger partial charge in [0.25, 0.3) is 0 Å². The molecule has 10 nitrogen and oxygen atoms in total. The molecule has 4 rings (SSSR count). The molecule has 1 unspecified atom stereocenters. The molecule has 0 radical (unpaired) electrons. The Morgan fingerprint density at radius 2 is 1.86 bits per heavy atom. The van der Waals surface area contributed by atoms with Gasteiger partial charge in [-0.25, -0.2) is 14.3 Å². The summed E-state index contributed by atoms with van der Waals surface area (Å²) in [6.07, 6.45) is 5.19. The lowest BCUT2D eigenvalue weighted by Gasteiger charge is -2.15. The normalized spacial score (nSPS) is 13.6. The van der Waals surface area contributed by atoms with Crippen LogP contribution < -0.4 is 16.0 Å². The van der Waals surface area contributed by atoms with Gasteiger partial charge < -0.3 is 21.1 Å². The predicted molar refractivity (Wildman–Crippen MR) is 129 cm³/mol. The molecule has 2 aromatic carbocycles. The average Bonchev–Trinajstić information content (AvgIpc) is 3.52. The summed E-state index contributed by atoms with van der Waals surface area (Å²) >= 11 is 0. The number of carboxylic acids is 1. The molecule has 1 aromatic heterocycles. The standard InChI is InChI=1S/C25H28N6O4/c1-16(17-9-11-18(12-10-17)27-25(35)28-19-13-14-19)26-23(32)8-4-5-20-15-31(30-29-20)22-7-3-2-6-21(22)24(33)34/h2-3,6-7,9-12,15-16,19H,4-5,8,13-14H2,1H3,(H,26,32)(H,33,34)(H2,27,28,35). The average molecular weight is 477 g/mol. The maximum absolute atomic E-state index is 12.4. The third-order valence-electron chi connectivity index (χ3n) is 5.72. The number of anilines is 1. The lowest BCUT2D eigenvalue weighted by molar-refractivity contribution is -0.121. The minimum absolute atomic E-state index is 0.0767. The fourth-order valence-corrected chi connectivity index (χ4v) is 3.65. The van der Waals surface area contributed by atoms with E-state index in [0.717, 1.165) is 18.4 Å². The smallest absolute Gasteiger partial charge is 0.337 e. The molecule has 1 atom stereocenters. The molecule has 182 valence electrons. The van der Waals surface area contributed by atoms with Gasteiger partial charge in [-0.05, 0) is 62.4 Å². The number of hydrogen-bond acceptors (Lipinski definition) is 5. The Hall–Kier alpha value is -4.21. The van der Waals surface area contributed by atoms with E-state index in [2.05, 4.69) is 26.3 Å². The first kappa shape index (κ1) is 23.9. The van der Waals surface area contributed by atoms with Crippen molar-refractivity contribution >= 4 is 23.6 Å². The third kappa shape index (κ3) is 6.66. The van der Waals surface area contributed by atoms with Gasteiger partial charge in [-0.1, -0.05) is 29.5 Å². The first-order chi connectivity index (χ1) is 16.9. The van der Waals surface area contributed by atoms with Gasteiger partial charge in [0.1, 0.15) is 0 Å². The minimum Gasteiger partial charge on any atom is -0.478 e. The highest BCUT2D eigenvalue weighted by atomic mass is 16.4. The molecule has 4 N–H and O–H groups in total. The van der Waals surface area contributed by atoms with Crippen molar-refractivity contribution in [3.05, 3.63) is 71.5 Å². The van der Waals surface area contributed by atoms with E-state index in [-0.39, 0.29) is 23.5 Å². The number of carbonyl (C=O) groups is 3. The van der Waals surface area contributed by atoms with Crippen molar-refractivity contribution in [3.8, 4) is 5.69 Å². The molecular formula is C25H28N6O4. The number of aryl methyl sites for hydroxylation is 1. The van der Waals surface area contributed by atoms with Crippen LogP contribution in [-0.4, -0.2) is 44.0 Å². The summed E-state index contributed by atoms with van der Waals surface area (Å²) in [5.74, 6) is -1.11. The second-order valence-electron chi connectivity index (χ2n) is 8.61. The van der Waals surface area contributed by atoms with Crippen LogP contribution in [0.2, 0.25) is 0 Å². The molecule has 0 aliphatic heterocycles. The van der Waals surface area contributed by atoms with Gasteiger partial charge in [0.05, 0.1) is 29.2 Å². The third-order valence-corrected chi connectivity index (χ3v) is 5.72. The number of hydrogen-bond donors (Lipinski definition) is 4. The molecule has 1 aliphatic carbocycles. The zero-order chi connectivity index (χ0) is 24.8. The highest BCUT2D eigenvalue weighted by Gasteiger charge is 2.23. The quantitative estimate of drug-likeness (QED) is 0.354. The Bertz CT molecular complexity index is 1200. The molecule has 3 amide bonds. The van der Waals surface area contributed by atoms with Gasteiger partial charge in [0.15, 0.2) is 0 Å². The number of benzene rings is 2. The zero-order valence-corrected chi connectivity index (χ0v) is 19.4. The van der Waals surface area contributed by atoms with Crippen molar-refractivity contribution in [1.82, 2.24) is 25.6 Å². The Morgan fingerprint density at radius 3 is 2.57 bits per heavy atom. The highest BCUT2D eigenvalue weighted by molar-refractivity contribution is 5.91. The van der Waals surface area contributed by atoms with Crippen molar-refractivity contribution in [3.63, 3.8) is 0 Å². The van der Waals surface area contributed by atoms with Gasteiger partial charge in [-0.15, -0.1) is 5.10 Å². The number of nitrogens with zero attached hydrogens (tertiary/aromatic N) is 3. The lowest BCUT2D eigenvalue weighted by atomic mass is 10.1. The lowest BCUT2D eigenvalue weighted by Crippen LogP contribution is -2.30. The summed E-state index contributed by atoms with van der Waals surface area (Å²) in [7, 11) is 0. The van der Waals surface area contributed by atoms with Crippen LogP contribution in [0, 0.1) is 0 Å². The van der Waals surface area contributed by atoms with Gasteiger partial charge in [-0.3, -0.25) is 4.79 Å². The maximum Gasteiger partial charge on any atom is 0.337 e. The summed E-state index contributed by atoms with van der Waals surface area (Å²) in [6, 6.07) is 13.9. The number of aromatic nitrogens is 3. The predicted octanol–water partition coefficient (Wildman–Crippen LogP) is 3.45. The van der Waals surface area contributed by atoms with E-state index in [1.807, 2.05) is 31.2 Å². The van der Waals surface area contributed by atoms with Crippen LogP contribution in [0.1, 0.15) is 60.3 Å². The summed E-state index contributed by atoms with van der Waals surface area (Å²) in [4.78, 5) is 35.6. The van der Waals surface area contributed by atoms with Crippen LogP contribution in [0.4, 0.5) is 10.5 Å². The van der Waals surface area contributed by atoms with Crippen LogP contribution in [0.3, 0.4) is 0 Å². The monoisotopic (exact) mass is 476 g/mol. The summed E-state index contributed by atoms with van der Waals surface area (Å²) in [5, 5.41) is 26.1. The molecule has 10 heteroatoms. The minimum atomic E-state index is -1.03. The summed E-state index contributed by atoms with van der Waals surface area (Å²) in [5.41, 5.74) is 2.90. The fourth-order valence-electron chi connectivity index (χ4n) is 3.65. The molecular weight excluding hydrogens is 448 g/mol. The van der Waals surface area contributed by atoms with Gasteiger partial charge in [0.2, 0.25) is 5.91 Å². The van der Waals surface area contributed by atoms with Crippen LogP contribution in [0.15, 0.2) is 54.7 Å². The van der Waals surface area contributed by atoms with E-state index in [0.29, 0.717) is 42.4 Å². The molecule has 0 saturated heterocycles. The first-order valence-corrected chi connectivity index (χ1v) is 11.6. The SMILES string of the molecule is CC(NC(=O)CCCc1cn(-c2ccccc2C(=O)O)nn1)c1ccc(NC(=O)NC2CC2)cc1. The van der Waals surface area contributed by atoms with Gasteiger partial charge in [-0.2, -0.15) is 0 Å². The number of urea groups is 1. The van der Waals surface area contributed by atoms with Crippen molar-refractivity contribution in [2.45, 2.75) is 51.1 Å². The molecule has 1 aliphatic rings. The van der Waals surface area contributed by atoms with E-state index in [1.54, 1.807) is 24.4 Å². The van der Waals surface area contributed by atoms with Crippen molar-refractivity contribution in [1.29, 1.82) is 0 Å². The van der Waals surface area contributed by atoms with Crippen LogP contribution >= 0.6 is 0 Å². The number of amides is 3. The Balaban J connectivity index is 1.22. The molecule has 0 spiro atoms. The van der Waals surface area contributed by atoms with E-state index >= 15 is 0 Å². The van der Waals surface area contributed by atoms with Crippen molar-refractivity contribution in [2.24, 2.45) is 0 Å². The number of carbonyl (C=O) groups excluding carboxylic acids is 2. The van der Waals surface area contributed by atoms with Crippen LogP contribution in [0.5, 0.6) is 0 Å². The van der Waals surface area contributed by atoms with Crippen molar-refractivity contribution in [2.75, 3.05) is 5.32 Å². The molecule has 35 heavy (non-hydrogen) atoms. The van der Waals surface area contributed by atoms with Gasteiger partial charge >= 0.3 is 12.0 Å². The first-order valence-electron chi connectivity index (χ1n) is 11.6. The van der Waals surface area contributed by atoms with E-state index in [4.69, 9.17) is 0 Å². The molecule has 1 heterocycles. The fraction of sp³-hybridized carbons (Fsp3) is 0.320.